The van der Waals surface area contributed by atoms with E-state index in [1.54, 1.807) is 6.92 Å². The van der Waals surface area contributed by atoms with Crippen LogP contribution in [0.15, 0.2) is 6.07 Å². The molecule has 0 amide bonds. The molecule has 2 heterocycles. The molecule has 0 atom stereocenters. The minimum atomic E-state index is -3.13. The summed E-state index contributed by atoms with van der Waals surface area (Å²) >= 11 is 0. The first kappa shape index (κ1) is 16.0. The Labute approximate surface area is 126 Å². The van der Waals surface area contributed by atoms with Crippen molar-refractivity contribution < 1.29 is 8.42 Å². The lowest BCUT2D eigenvalue weighted by atomic mass is 10.4. The summed E-state index contributed by atoms with van der Waals surface area (Å²) in [5.41, 5.74) is 0. The van der Waals surface area contributed by atoms with Gasteiger partial charge in [0, 0.05) is 32.2 Å². The molecule has 1 saturated heterocycles. The Kier molecular flexibility index (Phi) is 5.35. The highest BCUT2D eigenvalue weighted by molar-refractivity contribution is 7.89. The van der Waals surface area contributed by atoms with E-state index in [2.05, 4.69) is 24.9 Å². The standard InChI is InChI=1S/C13H23N5O2S/c1-3-21(19,20)15-7-6-14-12-10-13(17-11(2)16-12)18-8-4-5-9-18/h10,15H,3-9H2,1-2H3,(H,14,16,17). The summed E-state index contributed by atoms with van der Waals surface area (Å²) < 4.78 is 25.2. The van der Waals surface area contributed by atoms with Gasteiger partial charge in [-0.05, 0) is 26.7 Å². The number of hydrogen-bond acceptors (Lipinski definition) is 6. The molecule has 1 aromatic heterocycles. The maximum atomic E-state index is 11.3. The number of hydrogen-bond donors (Lipinski definition) is 2. The topological polar surface area (TPSA) is 87.2 Å². The molecule has 2 rings (SSSR count). The van der Waals surface area contributed by atoms with Crippen molar-refractivity contribution in [3.63, 3.8) is 0 Å². The van der Waals surface area contributed by atoms with Crippen molar-refractivity contribution in [3.8, 4) is 0 Å². The predicted molar refractivity (Wildman–Crippen MR) is 84.2 cm³/mol. The SMILES string of the molecule is CCS(=O)(=O)NCCNc1cc(N2CCCC2)nc(C)n1. The lowest BCUT2D eigenvalue weighted by Gasteiger charge is -2.17. The van der Waals surface area contributed by atoms with Crippen LogP contribution in [0.1, 0.15) is 25.6 Å². The smallest absolute Gasteiger partial charge is 0.211 e. The first-order valence-corrected chi connectivity index (χ1v) is 8.97. The third-order valence-corrected chi connectivity index (χ3v) is 4.79. The summed E-state index contributed by atoms with van der Waals surface area (Å²) in [5.74, 6) is 2.49. The summed E-state index contributed by atoms with van der Waals surface area (Å²) in [4.78, 5) is 11.0. The minimum Gasteiger partial charge on any atom is -0.369 e. The van der Waals surface area contributed by atoms with E-state index < -0.39 is 10.0 Å². The quantitative estimate of drug-likeness (QED) is 0.722. The Morgan fingerprint density at radius 1 is 1.24 bits per heavy atom. The van der Waals surface area contributed by atoms with Gasteiger partial charge in [-0.25, -0.2) is 23.1 Å². The van der Waals surface area contributed by atoms with E-state index >= 15 is 0 Å². The molecular formula is C13H23N5O2S. The van der Waals surface area contributed by atoms with Crippen molar-refractivity contribution in [1.82, 2.24) is 14.7 Å². The lowest BCUT2D eigenvalue weighted by molar-refractivity contribution is 0.584. The van der Waals surface area contributed by atoms with Crippen molar-refractivity contribution in [1.29, 1.82) is 0 Å². The first-order valence-electron chi connectivity index (χ1n) is 7.32. The van der Waals surface area contributed by atoms with Gasteiger partial charge in [-0.1, -0.05) is 0 Å². The van der Waals surface area contributed by atoms with Crippen molar-refractivity contribution in [2.45, 2.75) is 26.7 Å². The number of rotatable bonds is 7. The second-order valence-corrected chi connectivity index (χ2v) is 7.17. The van der Waals surface area contributed by atoms with E-state index in [1.165, 1.54) is 12.8 Å². The molecule has 0 saturated carbocycles. The van der Waals surface area contributed by atoms with E-state index in [1.807, 2.05) is 13.0 Å². The highest BCUT2D eigenvalue weighted by atomic mass is 32.2. The van der Waals surface area contributed by atoms with Crippen LogP contribution in [0.5, 0.6) is 0 Å². The average Bonchev–Trinajstić information content (AvgIpc) is 2.97. The Morgan fingerprint density at radius 2 is 1.95 bits per heavy atom. The third-order valence-electron chi connectivity index (χ3n) is 3.39. The van der Waals surface area contributed by atoms with Crippen LogP contribution in [0.4, 0.5) is 11.6 Å². The Balaban J connectivity index is 1.91. The van der Waals surface area contributed by atoms with E-state index in [0.29, 0.717) is 13.1 Å². The second-order valence-electron chi connectivity index (χ2n) is 5.08. The van der Waals surface area contributed by atoms with E-state index in [-0.39, 0.29) is 5.75 Å². The average molecular weight is 313 g/mol. The zero-order valence-electron chi connectivity index (χ0n) is 12.6. The van der Waals surface area contributed by atoms with Gasteiger partial charge in [-0.2, -0.15) is 0 Å². The van der Waals surface area contributed by atoms with Crippen molar-refractivity contribution >= 4 is 21.7 Å². The largest absolute Gasteiger partial charge is 0.369 e. The van der Waals surface area contributed by atoms with Gasteiger partial charge < -0.3 is 10.2 Å². The zero-order chi connectivity index (χ0) is 15.3. The molecule has 21 heavy (non-hydrogen) atoms. The Morgan fingerprint density at radius 3 is 2.62 bits per heavy atom. The molecule has 0 aromatic carbocycles. The van der Waals surface area contributed by atoms with Crippen LogP contribution < -0.4 is 14.9 Å². The predicted octanol–water partition coefficient (Wildman–Crippen LogP) is 0.736. The van der Waals surface area contributed by atoms with Crippen LogP contribution in [0.3, 0.4) is 0 Å². The van der Waals surface area contributed by atoms with Gasteiger partial charge >= 0.3 is 0 Å². The molecular weight excluding hydrogens is 290 g/mol. The molecule has 0 unspecified atom stereocenters. The minimum absolute atomic E-state index is 0.0960. The molecule has 1 fully saturated rings. The number of sulfonamides is 1. The molecule has 0 aliphatic carbocycles. The molecule has 2 N–H and O–H groups in total. The maximum Gasteiger partial charge on any atom is 0.211 e. The van der Waals surface area contributed by atoms with Crippen LogP contribution in [0.2, 0.25) is 0 Å². The Bertz CT molecular complexity index is 570. The summed E-state index contributed by atoms with van der Waals surface area (Å²) in [6.45, 7) is 6.39. The van der Waals surface area contributed by atoms with E-state index in [0.717, 1.165) is 30.5 Å². The number of nitrogens with one attached hydrogen (secondary N) is 2. The van der Waals surface area contributed by atoms with Gasteiger partial charge in [0.1, 0.15) is 17.5 Å². The molecule has 8 heteroatoms. The molecule has 118 valence electrons. The summed E-state index contributed by atoms with van der Waals surface area (Å²) in [7, 11) is -3.13. The monoisotopic (exact) mass is 313 g/mol. The number of aryl methyl sites for hydroxylation is 1. The van der Waals surface area contributed by atoms with Gasteiger partial charge in [0.2, 0.25) is 10.0 Å². The molecule has 7 nitrogen and oxygen atoms in total. The maximum absolute atomic E-state index is 11.3. The molecule has 1 aromatic rings. The molecule has 1 aliphatic rings. The van der Waals surface area contributed by atoms with E-state index in [4.69, 9.17) is 0 Å². The fraction of sp³-hybridized carbons (Fsp3) is 0.692. The van der Waals surface area contributed by atoms with Gasteiger partial charge in [0.15, 0.2) is 0 Å². The summed E-state index contributed by atoms with van der Waals surface area (Å²) in [6.07, 6.45) is 2.40. The summed E-state index contributed by atoms with van der Waals surface area (Å²) in [5, 5.41) is 3.14. The fourth-order valence-electron chi connectivity index (χ4n) is 2.25. The lowest BCUT2D eigenvalue weighted by Crippen LogP contribution is -2.30. The zero-order valence-corrected chi connectivity index (χ0v) is 13.4. The van der Waals surface area contributed by atoms with Crippen molar-refractivity contribution in [3.05, 3.63) is 11.9 Å². The fourth-order valence-corrected chi connectivity index (χ4v) is 2.87. The third kappa shape index (κ3) is 4.82. The van der Waals surface area contributed by atoms with Crippen molar-refractivity contribution in [2.24, 2.45) is 0 Å². The van der Waals surface area contributed by atoms with Crippen LogP contribution in [-0.4, -0.2) is 50.3 Å². The molecule has 0 bridgehead atoms. The van der Waals surface area contributed by atoms with Gasteiger partial charge in [-0.3, -0.25) is 0 Å². The van der Waals surface area contributed by atoms with Gasteiger partial charge in [0.05, 0.1) is 5.75 Å². The van der Waals surface area contributed by atoms with Crippen LogP contribution in [0.25, 0.3) is 0 Å². The van der Waals surface area contributed by atoms with Crippen molar-refractivity contribution in [2.75, 3.05) is 42.1 Å². The highest BCUT2D eigenvalue weighted by Crippen LogP contribution is 2.20. The van der Waals surface area contributed by atoms with Crippen LogP contribution in [-0.2, 0) is 10.0 Å². The Hall–Kier alpha value is -1.41. The van der Waals surface area contributed by atoms with Crippen LogP contribution in [0, 0.1) is 6.92 Å². The second kappa shape index (κ2) is 7.04. The molecule has 0 radical (unpaired) electrons. The molecule has 0 spiro atoms. The first-order chi connectivity index (χ1) is 10.00. The van der Waals surface area contributed by atoms with Gasteiger partial charge in [-0.15, -0.1) is 0 Å². The number of anilines is 2. The number of nitrogens with zero attached hydrogens (tertiary/aromatic N) is 3. The van der Waals surface area contributed by atoms with Gasteiger partial charge in [0.25, 0.3) is 0 Å². The normalized spacial score (nSPS) is 15.4. The van der Waals surface area contributed by atoms with Crippen LogP contribution >= 0.6 is 0 Å². The number of aromatic nitrogens is 2. The van der Waals surface area contributed by atoms with E-state index in [9.17, 15) is 8.42 Å². The summed E-state index contributed by atoms with van der Waals surface area (Å²) in [6, 6.07) is 1.92. The molecule has 1 aliphatic heterocycles. The highest BCUT2D eigenvalue weighted by Gasteiger charge is 2.15.